The minimum Gasteiger partial charge on any atom is -0.372 e. The zero-order chi connectivity index (χ0) is 19.8. The molecule has 29 heavy (non-hydrogen) atoms. The van der Waals surface area contributed by atoms with Gasteiger partial charge in [-0.15, -0.1) is 35.3 Å². The molecule has 2 heterocycles. The highest BCUT2D eigenvalue weighted by molar-refractivity contribution is 14.0. The van der Waals surface area contributed by atoms with Crippen LogP contribution in [0.2, 0.25) is 0 Å². The molecule has 1 saturated heterocycles. The summed E-state index contributed by atoms with van der Waals surface area (Å²) in [4.78, 5) is 11.4. The number of nitrogens with zero attached hydrogens (tertiary/aromatic N) is 3. The Morgan fingerprint density at radius 3 is 2.76 bits per heavy atom. The molecule has 1 aromatic heterocycles. The van der Waals surface area contributed by atoms with Gasteiger partial charge in [0, 0.05) is 43.4 Å². The Balaban J connectivity index is 0.00000300. The van der Waals surface area contributed by atoms with Gasteiger partial charge in [-0.1, -0.05) is 12.1 Å². The summed E-state index contributed by atoms with van der Waals surface area (Å²) < 4.78 is 0. The molecule has 1 aromatic carbocycles. The van der Waals surface area contributed by atoms with Crippen LogP contribution in [0.5, 0.6) is 0 Å². The van der Waals surface area contributed by atoms with Gasteiger partial charge >= 0.3 is 0 Å². The zero-order valence-electron chi connectivity index (χ0n) is 17.8. The van der Waals surface area contributed by atoms with Gasteiger partial charge in [0.1, 0.15) is 0 Å². The highest BCUT2D eigenvalue weighted by Crippen LogP contribution is 2.23. The van der Waals surface area contributed by atoms with Gasteiger partial charge in [-0.3, -0.25) is 4.99 Å². The SMILES string of the molecule is CN=C(NCCCCc1nc(C)cs1)NC(C)c1cccc(N2CCCC2)c1.I. The van der Waals surface area contributed by atoms with Crippen molar-refractivity contribution in [2.75, 3.05) is 31.6 Å². The predicted octanol–water partition coefficient (Wildman–Crippen LogP) is 4.92. The Kier molecular flexibility index (Phi) is 10.2. The second-order valence-corrected chi connectivity index (χ2v) is 8.44. The van der Waals surface area contributed by atoms with E-state index in [0.717, 1.165) is 37.5 Å². The van der Waals surface area contributed by atoms with Crippen LogP contribution in [0, 0.1) is 6.92 Å². The molecule has 0 spiro atoms. The molecule has 0 amide bonds. The quantitative estimate of drug-likeness (QED) is 0.222. The minimum absolute atomic E-state index is 0. The molecule has 0 bridgehead atoms. The molecule has 0 saturated carbocycles. The third-order valence-electron chi connectivity index (χ3n) is 5.19. The number of aromatic nitrogens is 1. The number of hydrogen-bond acceptors (Lipinski definition) is 4. The highest BCUT2D eigenvalue weighted by atomic mass is 127. The van der Waals surface area contributed by atoms with Gasteiger partial charge in [-0.2, -0.15) is 0 Å². The van der Waals surface area contributed by atoms with Crippen LogP contribution in [0.4, 0.5) is 5.69 Å². The molecule has 0 radical (unpaired) electrons. The van der Waals surface area contributed by atoms with E-state index in [1.54, 1.807) is 11.3 Å². The number of thiazole rings is 1. The lowest BCUT2D eigenvalue weighted by Crippen LogP contribution is -2.39. The number of unbranched alkanes of at least 4 members (excludes halogenated alkanes) is 1. The summed E-state index contributed by atoms with van der Waals surface area (Å²) in [5.74, 6) is 0.865. The molecule has 2 aromatic rings. The van der Waals surface area contributed by atoms with Gasteiger partial charge in [0.15, 0.2) is 5.96 Å². The van der Waals surface area contributed by atoms with Crippen LogP contribution < -0.4 is 15.5 Å². The van der Waals surface area contributed by atoms with Crippen molar-refractivity contribution in [3.05, 3.63) is 45.9 Å². The van der Waals surface area contributed by atoms with Crippen molar-refractivity contribution in [3.63, 3.8) is 0 Å². The number of guanidine groups is 1. The average molecular weight is 528 g/mol. The first kappa shape index (κ1) is 23.9. The molecule has 3 rings (SSSR count). The number of benzene rings is 1. The number of anilines is 1. The van der Waals surface area contributed by atoms with Crippen molar-refractivity contribution in [2.24, 2.45) is 4.99 Å². The maximum Gasteiger partial charge on any atom is 0.191 e. The van der Waals surface area contributed by atoms with E-state index in [2.05, 4.69) is 69.0 Å². The molecular formula is C22H34IN5S. The van der Waals surface area contributed by atoms with Crippen molar-refractivity contribution in [3.8, 4) is 0 Å². The molecule has 160 valence electrons. The van der Waals surface area contributed by atoms with Crippen molar-refractivity contribution in [1.82, 2.24) is 15.6 Å². The number of aliphatic imine (C=N–C) groups is 1. The normalized spacial score (nSPS) is 15.1. The standard InChI is InChI=1S/C22H33N5S.HI/c1-17-16-28-21(25-17)11-4-5-12-24-22(23-3)26-18(2)19-9-8-10-20(15-19)27-13-6-7-14-27;/h8-10,15-16,18H,4-7,11-14H2,1-3H3,(H2,23,24,26);1H. The van der Waals surface area contributed by atoms with Crippen molar-refractivity contribution >= 4 is 47.0 Å². The van der Waals surface area contributed by atoms with Crippen LogP contribution in [-0.4, -0.2) is 37.6 Å². The van der Waals surface area contributed by atoms with Crippen LogP contribution in [0.25, 0.3) is 0 Å². The lowest BCUT2D eigenvalue weighted by Gasteiger charge is -2.22. The fraction of sp³-hybridized carbons (Fsp3) is 0.545. The van der Waals surface area contributed by atoms with E-state index in [9.17, 15) is 0 Å². The van der Waals surface area contributed by atoms with Crippen LogP contribution in [-0.2, 0) is 6.42 Å². The molecule has 1 atom stereocenters. The summed E-state index contributed by atoms with van der Waals surface area (Å²) in [5, 5.41) is 10.3. The second-order valence-electron chi connectivity index (χ2n) is 7.49. The first-order valence-electron chi connectivity index (χ1n) is 10.4. The van der Waals surface area contributed by atoms with E-state index in [1.807, 2.05) is 7.05 Å². The molecule has 7 heteroatoms. The zero-order valence-corrected chi connectivity index (χ0v) is 20.9. The first-order chi connectivity index (χ1) is 13.7. The number of nitrogens with one attached hydrogen (secondary N) is 2. The fourth-order valence-electron chi connectivity index (χ4n) is 3.57. The molecule has 5 nitrogen and oxygen atoms in total. The molecule has 0 aliphatic carbocycles. The monoisotopic (exact) mass is 527 g/mol. The first-order valence-corrected chi connectivity index (χ1v) is 11.3. The van der Waals surface area contributed by atoms with E-state index in [0.29, 0.717) is 0 Å². The molecular weight excluding hydrogens is 493 g/mol. The van der Waals surface area contributed by atoms with Crippen LogP contribution >= 0.6 is 35.3 Å². The van der Waals surface area contributed by atoms with Crippen molar-refractivity contribution in [1.29, 1.82) is 0 Å². The van der Waals surface area contributed by atoms with Crippen molar-refractivity contribution in [2.45, 2.75) is 52.0 Å². The topological polar surface area (TPSA) is 52.6 Å². The Morgan fingerprint density at radius 1 is 1.28 bits per heavy atom. The Morgan fingerprint density at radius 2 is 2.07 bits per heavy atom. The summed E-state index contributed by atoms with van der Waals surface area (Å²) in [6.45, 7) is 7.52. The van der Waals surface area contributed by atoms with E-state index >= 15 is 0 Å². The Labute approximate surface area is 196 Å². The lowest BCUT2D eigenvalue weighted by molar-refractivity contribution is 0.658. The summed E-state index contributed by atoms with van der Waals surface area (Å²) in [5.41, 5.74) is 3.76. The second kappa shape index (κ2) is 12.4. The third-order valence-corrected chi connectivity index (χ3v) is 6.22. The highest BCUT2D eigenvalue weighted by Gasteiger charge is 2.14. The van der Waals surface area contributed by atoms with Crippen LogP contribution in [0.1, 0.15) is 54.9 Å². The van der Waals surface area contributed by atoms with Gasteiger partial charge in [0.2, 0.25) is 0 Å². The number of aryl methyl sites for hydroxylation is 2. The fourth-order valence-corrected chi connectivity index (χ4v) is 4.39. The predicted molar refractivity (Wildman–Crippen MR) is 136 cm³/mol. The Bertz CT molecular complexity index is 770. The van der Waals surface area contributed by atoms with E-state index < -0.39 is 0 Å². The molecule has 1 aliphatic heterocycles. The van der Waals surface area contributed by atoms with Crippen molar-refractivity contribution < 1.29 is 0 Å². The summed E-state index contributed by atoms with van der Waals surface area (Å²) in [6.07, 6.45) is 5.92. The van der Waals surface area contributed by atoms with E-state index in [1.165, 1.54) is 42.2 Å². The summed E-state index contributed by atoms with van der Waals surface area (Å²) in [6, 6.07) is 9.11. The van der Waals surface area contributed by atoms with Gasteiger partial charge in [0.05, 0.1) is 11.0 Å². The summed E-state index contributed by atoms with van der Waals surface area (Å²) >= 11 is 1.76. The Hall–Kier alpha value is -1.35. The maximum absolute atomic E-state index is 4.53. The van der Waals surface area contributed by atoms with Crippen LogP contribution in [0.15, 0.2) is 34.6 Å². The van der Waals surface area contributed by atoms with E-state index in [-0.39, 0.29) is 30.0 Å². The average Bonchev–Trinajstić information content (AvgIpc) is 3.38. The summed E-state index contributed by atoms with van der Waals surface area (Å²) in [7, 11) is 1.83. The van der Waals surface area contributed by atoms with Gasteiger partial charge in [-0.25, -0.2) is 4.98 Å². The minimum atomic E-state index is 0. The molecule has 1 fully saturated rings. The molecule has 1 aliphatic rings. The number of rotatable bonds is 8. The van der Waals surface area contributed by atoms with Gasteiger partial charge in [-0.05, 0) is 63.6 Å². The number of halogens is 1. The number of hydrogen-bond donors (Lipinski definition) is 2. The van der Waals surface area contributed by atoms with Gasteiger partial charge < -0.3 is 15.5 Å². The van der Waals surface area contributed by atoms with Crippen LogP contribution in [0.3, 0.4) is 0 Å². The smallest absolute Gasteiger partial charge is 0.191 e. The third kappa shape index (κ3) is 7.44. The maximum atomic E-state index is 4.53. The molecule has 2 N–H and O–H groups in total. The largest absolute Gasteiger partial charge is 0.372 e. The molecule has 1 unspecified atom stereocenters. The van der Waals surface area contributed by atoms with E-state index in [4.69, 9.17) is 0 Å². The van der Waals surface area contributed by atoms with Gasteiger partial charge in [0.25, 0.3) is 0 Å². The lowest BCUT2D eigenvalue weighted by atomic mass is 10.1.